The second-order valence-corrected chi connectivity index (χ2v) is 5.13. The Balaban J connectivity index is 2.16. The lowest BCUT2D eigenvalue weighted by atomic mass is 10.0. The molecule has 1 amide bonds. The van der Waals surface area contributed by atoms with Crippen LogP contribution in [0.15, 0.2) is 58.1 Å². The van der Waals surface area contributed by atoms with E-state index < -0.39 is 17.2 Å². The van der Waals surface area contributed by atoms with Gasteiger partial charge in [0.05, 0.1) is 16.7 Å². The number of carbonyl (C=O) groups excluding carboxylic acids is 1. The van der Waals surface area contributed by atoms with Gasteiger partial charge in [0, 0.05) is 0 Å². The molecular weight excluding hydrogens is 282 g/mol. The standard InChI is InChI=1S/C16H11N3O3/c20-14-12(9-5-2-1-3-6-9)19-13-10(17-14)7-4-8-11(13)18-15(21)16(19)22/h1-8,12H,(H,17,20)(H,18,21). The molecule has 2 heterocycles. The van der Waals surface area contributed by atoms with Crippen LogP contribution in [0.5, 0.6) is 0 Å². The van der Waals surface area contributed by atoms with Gasteiger partial charge < -0.3 is 10.3 Å². The van der Waals surface area contributed by atoms with Crippen molar-refractivity contribution in [3.63, 3.8) is 0 Å². The summed E-state index contributed by atoms with van der Waals surface area (Å²) in [6.45, 7) is 0. The first-order valence-electron chi connectivity index (χ1n) is 6.80. The van der Waals surface area contributed by atoms with Crippen LogP contribution in [0, 0.1) is 0 Å². The number of anilines is 1. The molecule has 0 fully saturated rings. The highest BCUT2D eigenvalue weighted by Crippen LogP contribution is 2.31. The minimum absolute atomic E-state index is 0.334. The second-order valence-electron chi connectivity index (χ2n) is 5.13. The van der Waals surface area contributed by atoms with Gasteiger partial charge in [-0.1, -0.05) is 36.4 Å². The maximum atomic E-state index is 12.5. The van der Waals surface area contributed by atoms with Crippen molar-refractivity contribution in [2.45, 2.75) is 6.04 Å². The van der Waals surface area contributed by atoms with Crippen molar-refractivity contribution in [1.82, 2.24) is 9.55 Å². The highest BCUT2D eigenvalue weighted by Gasteiger charge is 2.31. The van der Waals surface area contributed by atoms with E-state index in [-0.39, 0.29) is 5.91 Å². The fourth-order valence-corrected chi connectivity index (χ4v) is 2.89. The average molecular weight is 293 g/mol. The Kier molecular flexibility index (Phi) is 2.53. The van der Waals surface area contributed by atoms with Gasteiger partial charge in [0.25, 0.3) is 5.91 Å². The lowest BCUT2D eigenvalue weighted by molar-refractivity contribution is -0.118. The second kappa shape index (κ2) is 4.42. The van der Waals surface area contributed by atoms with E-state index in [1.165, 1.54) is 4.57 Å². The summed E-state index contributed by atoms with van der Waals surface area (Å²) < 4.78 is 1.28. The van der Waals surface area contributed by atoms with Crippen LogP contribution < -0.4 is 16.4 Å². The summed E-state index contributed by atoms with van der Waals surface area (Å²) in [5, 5.41) is 2.80. The number of amides is 1. The van der Waals surface area contributed by atoms with E-state index in [1.807, 2.05) is 6.07 Å². The number of carbonyl (C=O) groups is 1. The summed E-state index contributed by atoms with van der Waals surface area (Å²) in [5.74, 6) is -0.334. The number of hydrogen-bond acceptors (Lipinski definition) is 3. The number of aromatic nitrogens is 2. The number of nitrogens with zero attached hydrogens (tertiary/aromatic N) is 1. The van der Waals surface area contributed by atoms with Crippen LogP contribution in [0.3, 0.4) is 0 Å². The quantitative estimate of drug-likeness (QED) is 0.662. The minimum atomic E-state index is -0.853. The van der Waals surface area contributed by atoms with Gasteiger partial charge in [-0.15, -0.1) is 0 Å². The highest BCUT2D eigenvalue weighted by atomic mass is 16.2. The van der Waals surface area contributed by atoms with E-state index in [4.69, 9.17) is 0 Å². The molecule has 4 rings (SSSR count). The third kappa shape index (κ3) is 1.64. The molecule has 0 saturated carbocycles. The molecule has 1 unspecified atom stereocenters. The molecule has 0 aliphatic carbocycles. The maximum Gasteiger partial charge on any atom is 0.317 e. The molecule has 3 aromatic rings. The van der Waals surface area contributed by atoms with Crippen molar-refractivity contribution >= 4 is 22.6 Å². The largest absolute Gasteiger partial charge is 0.322 e. The molecule has 6 heteroatoms. The monoisotopic (exact) mass is 293 g/mol. The molecule has 1 atom stereocenters. The number of hydrogen-bond donors (Lipinski definition) is 2. The van der Waals surface area contributed by atoms with Gasteiger partial charge in [-0.2, -0.15) is 0 Å². The Bertz CT molecular complexity index is 1020. The molecule has 2 N–H and O–H groups in total. The molecule has 108 valence electrons. The fourth-order valence-electron chi connectivity index (χ4n) is 2.89. The molecule has 2 aromatic carbocycles. The Morgan fingerprint density at radius 2 is 1.68 bits per heavy atom. The normalized spacial score (nSPS) is 16.5. The van der Waals surface area contributed by atoms with Crippen molar-refractivity contribution in [2.24, 2.45) is 0 Å². The van der Waals surface area contributed by atoms with Gasteiger partial charge in [0.2, 0.25) is 0 Å². The highest BCUT2D eigenvalue weighted by molar-refractivity contribution is 6.06. The van der Waals surface area contributed by atoms with E-state index in [0.717, 1.165) is 0 Å². The van der Waals surface area contributed by atoms with Crippen LogP contribution in [0.2, 0.25) is 0 Å². The van der Waals surface area contributed by atoms with Gasteiger partial charge in [-0.25, -0.2) is 0 Å². The van der Waals surface area contributed by atoms with Crippen LogP contribution in [0.1, 0.15) is 11.6 Å². The molecule has 0 radical (unpaired) electrons. The number of nitrogens with one attached hydrogen (secondary N) is 2. The predicted octanol–water partition coefficient (Wildman–Crippen LogP) is 1.23. The number of H-pyrrole nitrogens is 1. The van der Waals surface area contributed by atoms with E-state index in [2.05, 4.69) is 10.3 Å². The van der Waals surface area contributed by atoms with Crippen molar-refractivity contribution in [2.75, 3.05) is 5.32 Å². The molecule has 1 aliphatic rings. The van der Waals surface area contributed by atoms with Gasteiger partial charge >= 0.3 is 11.1 Å². The van der Waals surface area contributed by atoms with Crippen LogP contribution in [0.4, 0.5) is 5.69 Å². The van der Waals surface area contributed by atoms with Gasteiger partial charge in [-0.05, 0) is 17.7 Å². The van der Waals surface area contributed by atoms with Gasteiger partial charge in [0.15, 0.2) is 0 Å². The minimum Gasteiger partial charge on any atom is -0.322 e. The average Bonchev–Trinajstić information content (AvgIpc) is 2.53. The zero-order valence-electron chi connectivity index (χ0n) is 11.4. The number of benzene rings is 2. The summed E-state index contributed by atoms with van der Waals surface area (Å²) in [4.78, 5) is 39.3. The Morgan fingerprint density at radius 3 is 2.45 bits per heavy atom. The van der Waals surface area contributed by atoms with E-state index in [1.54, 1.807) is 42.5 Å². The van der Waals surface area contributed by atoms with Crippen LogP contribution in [-0.2, 0) is 4.79 Å². The summed E-state index contributed by atoms with van der Waals surface area (Å²) >= 11 is 0. The molecule has 22 heavy (non-hydrogen) atoms. The SMILES string of the molecule is O=C1Nc2cccc3[nH]c(=O)c(=O)n(c23)C1c1ccccc1. The Labute approximate surface area is 124 Å². The van der Waals surface area contributed by atoms with Crippen LogP contribution in [0.25, 0.3) is 11.0 Å². The maximum absolute atomic E-state index is 12.5. The van der Waals surface area contributed by atoms with Crippen molar-refractivity contribution in [3.05, 3.63) is 74.8 Å². The predicted molar refractivity (Wildman–Crippen MR) is 82.0 cm³/mol. The molecule has 1 aliphatic heterocycles. The Hall–Kier alpha value is -3.15. The zero-order chi connectivity index (χ0) is 15.3. The van der Waals surface area contributed by atoms with Crippen molar-refractivity contribution in [3.8, 4) is 0 Å². The van der Waals surface area contributed by atoms with Gasteiger partial charge in [0.1, 0.15) is 6.04 Å². The topological polar surface area (TPSA) is 84.0 Å². The zero-order valence-corrected chi connectivity index (χ0v) is 11.4. The van der Waals surface area contributed by atoms with Crippen molar-refractivity contribution in [1.29, 1.82) is 0 Å². The third-order valence-electron chi connectivity index (χ3n) is 3.82. The van der Waals surface area contributed by atoms with Crippen LogP contribution >= 0.6 is 0 Å². The summed E-state index contributed by atoms with van der Waals surface area (Å²) in [5.41, 5.74) is 0.749. The first kappa shape index (κ1) is 12.6. The summed E-state index contributed by atoms with van der Waals surface area (Å²) in [7, 11) is 0. The first-order valence-corrected chi connectivity index (χ1v) is 6.80. The first-order chi connectivity index (χ1) is 10.7. The smallest absolute Gasteiger partial charge is 0.317 e. The Morgan fingerprint density at radius 1 is 0.909 bits per heavy atom. The van der Waals surface area contributed by atoms with Gasteiger partial charge in [-0.3, -0.25) is 19.0 Å². The molecule has 0 spiro atoms. The van der Waals surface area contributed by atoms with Crippen LogP contribution in [-0.4, -0.2) is 15.5 Å². The number of para-hydroxylation sites is 1. The number of rotatable bonds is 1. The number of aromatic amines is 1. The molecule has 0 bridgehead atoms. The summed E-state index contributed by atoms with van der Waals surface area (Å²) in [6, 6.07) is 13.2. The fraction of sp³-hybridized carbons (Fsp3) is 0.0625. The van der Waals surface area contributed by atoms with E-state index in [9.17, 15) is 14.4 Å². The lowest BCUT2D eigenvalue weighted by Crippen LogP contribution is -2.44. The van der Waals surface area contributed by atoms with E-state index in [0.29, 0.717) is 22.3 Å². The van der Waals surface area contributed by atoms with E-state index >= 15 is 0 Å². The molecule has 6 nitrogen and oxygen atoms in total. The molecular formula is C16H11N3O3. The lowest BCUT2D eigenvalue weighted by Gasteiger charge is -2.27. The van der Waals surface area contributed by atoms with Crippen molar-refractivity contribution < 1.29 is 4.79 Å². The summed E-state index contributed by atoms with van der Waals surface area (Å²) in [6.07, 6.45) is 0. The molecule has 0 saturated heterocycles. The third-order valence-corrected chi connectivity index (χ3v) is 3.82. The molecule has 1 aromatic heterocycles.